The van der Waals surface area contributed by atoms with Gasteiger partial charge < -0.3 is 19.9 Å². The van der Waals surface area contributed by atoms with Crippen LogP contribution < -0.4 is 10.9 Å². The second-order valence-electron chi connectivity index (χ2n) is 4.93. The lowest BCUT2D eigenvalue weighted by Crippen LogP contribution is -2.36. The molecule has 0 aliphatic rings. The van der Waals surface area contributed by atoms with Crippen molar-refractivity contribution in [3.05, 3.63) is 64.6 Å². The maximum absolute atomic E-state index is 12.3. The van der Waals surface area contributed by atoms with Crippen LogP contribution in [-0.4, -0.2) is 33.8 Å². The molecule has 0 aliphatic heterocycles. The zero-order valence-corrected chi connectivity index (χ0v) is 12.4. The summed E-state index contributed by atoms with van der Waals surface area (Å²) < 4.78 is 1.39. The minimum absolute atomic E-state index is 0.118. The molecule has 6 nitrogen and oxygen atoms in total. The molecule has 1 heterocycles. The van der Waals surface area contributed by atoms with Gasteiger partial charge in [-0.3, -0.25) is 4.79 Å². The Balaban J connectivity index is 2.08. The number of carbonyl (C=O) groups is 1. The average Bonchev–Trinajstić information content (AvgIpc) is 2.51. The fourth-order valence-electron chi connectivity index (χ4n) is 2.05. The molecule has 1 aromatic heterocycles. The molecule has 0 atom stereocenters. The van der Waals surface area contributed by atoms with Crippen molar-refractivity contribution >= 4 is 11.7 Å². The van der Waals surface area contributed by atoms with Crippen LogP contribution in [0.15, 0.2) is 53.5 Å². The van der Waals surface area contributed by atoms with Crippen LogP contribution in [0.2, 0.25) is 0 Å². The molecule has 0 saturated heterocycles. The Labute approximate surface area is 128 Å². The first-order valence-electron chi connectivity index (χ1n) is 6.97. The van der Waals surface area contributed by atoms with Gasteiger partial charge in [0.05, 0.1) is 12.3 Å². The Hall–Kier alpha value is -2.60. The molecule has 22 heavy (non-hydrogen) atoms. The monoisotopic (exact) mass is 301 g/mol. The third-order valence-corrected chi connectivity index (χ3v) is 3.21. The first kappa shape index (κ1) is 15.8. The van der Waals surface area contributed by atoms with Crippen molar-refractivity contribution in [2.24, 2.45) is 7.05 Å². The number of aliphatic hydroxyl groups excluding tert-OH is 1. The van der Waals surface area contributed by atoms with Crippen LogP contribution in [0.3, 0.4) is 0 Å². The normalized spacial score (nSPS) is 10.3. The largest absolute Gasteiger partial charge is 0.395 e. The maximum atomic E-state index is 12.3. The molecule has 0 unspecified atom stereocenters. The van der Waals surface area contributed by atoms with E-state index in [2.05, 4.69) is 5.32 Å². The summed E-state index contributed by atoms with van der Waals surface area (Å²) in [5.41, 5.74) is 1.36. The molecular formula is C16H19N3O3. The molecule has 0 radical (unpaired) electrons. The number of rotatable bonds is 5. The van der Waals surface area contributed by atoms with Crippen LogP contribution in [0, 0.1) is 0 Å². The number of urea groups is 1. The number of pyridine rings is 1. The summed E-state index contributed by atoms with van der Waals surface area (Å²) in [7, 11) is 1.62. The predicted molar refractivity (Wildman–Crippen MR) is 84.6 cm³/mol. The summed E-state index contributed by atoms with van der Waals surface area (Å²) >= 11 is 0. The van der Waals surface area contributed by atoms with Crippen LogP contribution in [-0.2, 0) is 13.6 Å². The van der Waals surface area contributed by atoms with Crippen molar-refractivity contribution in [1.29, 1.82) is 0 Å². The number of aliphatic hydroxyl groups is 1. The van der Waals surface area contributed by atoms with Crippen LogP contribution >= 0.6 is 0 Å². The van der Waals surface area contributed by atoms with Crippen LogP contribution in [0.1, 0.15) is 5.56 Å². The average molecular weight is 301 g/mol. The highest BCUT2D eigenvalue weighted by atomic mass is 16.3. The number of anilines is 1. The fraction of sp³-hybridized carbons (Fsp3) is 0.250. The van der Waals surface area contributed by atoms with Gasteiger partial charge in [-0.05, 0) is 11.6 Å². The zero-order valence-electron chi connectivity index (χ0n) is 12.4. The van der Waals surface area contributed by atoms with Crippen molar-refractivity contribution in [2.45, 2.75) is 6.54 Å². The third kappa shape index (κ3) is 4.20. The number of aromatic nitrogens is 1. The quantitative estimate of drug-likeness (QED) is 0.877. The van der Waals surface area contributed by atoms with E-state index in [0.29, 0.717) is 12.2 Å². The molecule has 0 bridgehead atoms. The van der Waals surface area contributed by atoms with E-state index in [-0.39, 0.29) is 24.7 Å². The molecule has 0 saturated carbocycles. The van der Waals surface area contributed by atoms with Gasteiger partial charge in [-0.25, -0.2) is 4.79 Å². The van der Waals surface area contributed by atoms with E-state index in [4.69, 9.17) is 5.11 Å². The van der Waals surface area contributed by atoms with Gasteiger partial charge in [0, 0.05) is 32.4 Å². The van der Waals surface area contributed by atoms with Gasteiger partial charge in [0.15, 0.2) is 0 Å². The Morgan fingerprint density at radius 2 is 1.95 bits per heavy atom. The Morgan fingerprint density at radius 3 is 2.59 bits per heavy atom. The second-order valence-corrected chi connectivity index (χ2v) is 4.93. The van der Waals surface area contributed by atoms with Crippen molar-refractivity contribution < 1.29 is 9.90 Å². The molecule has 0 fully saturated rings. The van der Waals surface area contributed by atoms with E-state index in [1.807, 2.05) is 30.3 Å². The second kappa shape index (κ2) is 7.42. The van der Waals surface area contributed by atoms with Crippen molar-refractivity contribution in [2.75, 3.05) is 18.5 Å². The van der Waals surface area contributed by atoms with E-state index in [1.165, 1.54) is 15.5 Å². The minimum atomic E-state index is -0.323. The molecule has 116 valence electrons. The van der Waals surface area contributed by atoms with E-state index in [9.17, 15) is 9.59 Å². The lowest BCUT2D eigenvalue weighted by molar-refractivity contribution is 0.185. The maximum Gasteiger partial charge on any atom is 0.322 e. The highest BCUT2D eigenvalue weighted by molar-refractivity contribution is 5.89. The summed E-state index contributed by atoms with van der Waals surface area (Å²) in [6.07, 6.45) is 1.56. The SMILES string of the molecule is Cn1cc(NC(=O)N(CCO)Cc2ccccc2)ccc1=O. The summed E-state index contributed by atoms with van der Waals surface area (Å²) in [4.78, 5) is 25.2. The molecule has 2 aromatic rings. The molecule has 2 rings (SSSR count). The zero-order chi connectivity index (χ0) is 15.9. The van der Waals surface area contributed by atoms with Gasteiger partial charge in [-0.1, -0.05) is 30.3 Å². The topological polar surface area (TPSA) is 74.6 Å². The van der Waals surface area contributed by atoms with Crippen molar-refractivity contribution in [3.8, 4) is 0 Å². The van der Waals surface area contributed by atoms with Gasteiger partial charge in [0.1, 0.15) is 0 Å². The minimum Gasteiger partial charge on any atom is -0.395 e. The molecule has 2 amide bonds. The lowest BCUT2D eigenvalue weighted by atomic mass is 10.2. The molecular weight excluding hydrogens is 282 g/mol. The van der Waals surface area contributed by atoms with Crippen molar-refractivity contribution in [3.63, 3.8) is 0 Å². The van der Waals surface area contributed by atoms with Gasteiger partial charge in [-0.15, -0.1) is 0 Å². The van der Waals surface area contributed by atoms with Gasteiger partial charge in [-0.2, -0.15) is 0 Å². The number of hydrogen-bond acceptors (Lipinski definition) is 3. The van der Waals surface area contributed by atoms with Crippen molar-refractivity contribution in [1.82, 2.24) is 9.47 Å². The predicted octanol–water partition coefficient (Wildman–Crippen LogP) is 1.41. The summed E-state index contributed by atoms with van der Waals surface area (Å²) in [6.45, 7) is 0.513. The Morgan fingerprint density at radius 1 is 1.23 bits per heavy atom. The molecule has 1 aromatic carbocycles. The van der Waals surface area contributed by atoms with Crippen LogP contribution in [0.5, 0.6) is 0 Å². The van der Waals surface area contributed by atoms with Crippen LogP contribution in [0.25, 0.3) is 0 Å². The molecule has 6 heteroatoms. The van der Waals surface area contributed by atoms with E-state index >= 15 is 0 Å². The smallest absolute Gasteiger partial charge is 0.322 e. The first-order valence-corrected chi connectivity index (χ1v) is 6.97. The Kier molecular flexibility index (Phi) is 5.32. The van der Waals surface area contributed by atoms with Crippen LogP contribution in [0.4, 0.5) is 10.5 Å². The number of aryl methyl sites for hydroxylation is 1. The highest BCUT2D eigenvalue weighted by Gasteiger charge is 2.13. The number of hydrogen-bond donors (Lipinski definition) is 2. The number of benzene rings is 1. The summed E-state index contributed by atoms with van der Waals surface area (Å²) in [6, 6.07) is 12.2. The Bertz CT molecular complexity index is 683. The fourth-order valence-corrected chi connectivity index (χ4v) is 2.05. The standard InChI is InChI=1S/C16H19N3O3/c1-18-12-14(7-8-15(18)21)17-16(22)19(9-10-20)11-13-5-3-2-4-6-13/h2-8,12,20H,9-11H2,1H3,(H,17,22). The number of carbonyl (C=O) groups excluding carboxylic acids is 1. The highest BCUT2D eigenvalue weighted by Crippen LogP contribution is 2.08. The first-order chi connectivity index (χ1) is 10.6. The number of nitrogens with one attached hydrogen (secondary N) is 1. The summed E-state index contributed by atoms with van der Waals surface area (Å²) in [5, 5.41) is 11.9. The van der Waals surface area contributed by atoms with E-state index in [0.717, 1.165) is 5.56 Å². The number of nitrogens with zero attached hydrogens (tertiary/aromatic N) is 2. The number of amides is 2. The molecule has 2 N–H and O–H groups in total. The van der Waals surface area contributed by atoms with E-state index in [1.54, 1.807) is 19.3 Å². The third-order valence-electron chi connectivity index (χ3n) is 3.21. The molecule has 0 aliphatic carbocycles. The van der Waals surface area contributed by atoms with Gasteiger partial charge in [0.2, 0.25) is 5.56 Å². The van der Waals surface area contributed by atoms with Gasteiger partial charge >= 0.3 is 6.03 Å². The molecule has 0 spiro atoms. The van der Waals surface area contributed by atoms with E-state index < -0.39 is 0 Å². The van der Waals surface area contributed by atoms with Gasteiger partial charge in [0.25, 0.3) is 0 Å². The summed E-state index contributed by atoms with van der Waals surface area (Å²) in [5.74, 6) is 0. The lowest BCUT2D eigenvalue weighted by Gasteiger charge is -2.22.